The van der Waals surface area contributed by atoms with Gasteiger partial charge in [0, 0.05) is 76.3 Å². The molecule has 2 aliphatic heterocycles. The van der Waals surface area contributed by atoms with Crippen molar-refractivity contribution >= 4 is 15.9 Å². The Morgan fingerprint density at radius 1 is 1.05 bits per heavy atom. The number of hydrogen-bond donors (Lipinski definition) is 0. The molecule has 1 saturated heterocycles. The van der Waals surface area contributed by atoms with Crippen LogP contribution >= 0.6 is 0 Å². The summed E-state index contributed by atoms with van der Waals surface area (Å²) in [6.07, 6.45) is 6.28. The van der Waals surface area contributed by atoms with Gasteiger partial charge in [0.25, 0.3) is 0 Å². The molecule has 0 radical (unpaired) electrons. The van der Waals surface area contributed by atoms with Crippen molar-refractivity contribution in [3.8, 4) is 5.75 Å². The molecule has 0 spiro atoms. The van der Waals surface area contributed by atoms with Gasteiger partial charge in [-0.2, -0.15) is 4.31 Å². The Hall–Kier alpha value is -2.44. The van der Waals surface area contributed by atoms with Crippen LogP contribution in [0.4, 0.5) is 0 Å². The van der Waals surface area contributed by atoms with Crippen molar-refractivity contribution in [2.24, 2.45) is 0 Å². The maximum Gasteiger partial charge on any atom is 0.248 e. The number of rotatable bonds is 10. The standard InChI is InChI=1S/C33H51N5O5S/c1-24(2)35-13-15-36(16-14-35)28-10-7-9-27(21-28)34(5)32(39)23-43-22-31-30-11-8-12-37(30)17-18-38(31)44(40,41)33-25(3)19-29(42-6)20-26(33)4/h8,11-12,19-20,24,27-28,31H,7,9-10,13-18,21-23H2,1-6H3. The average molecular weight is 630 g/mol. The van der Waals surface area contributed by atoms with Crippen LogP contribution in [0.1, 0.15) is 62.4 Å². The molecule has 2 aromatic rings. The average Bonchev–Trinajstić information content (AvgIpc) is 3.49. The predicted octanol–water partition coefficient (Wildman–Crippen LogP) is 3.67. The number of carbonyl (C=O) groups excluding carboxylic acids is 1. The Morgan fingerprint density at radius 3 is 2.41 bits per heavy atom. The molecular formula is C33H51N5O5S. The van der Waals surface area contributed by atoms with Crippen LogP contribution in [0.25, 0.3) is 0 Å². The van der Waals surface area contributed by atoms with E-state index >= 15 is 0 Å². The molecule has 3 heterocycles. The Balaban J connectivity index is 1.22. The van der Waals surface area contributed by atoms with Crippen molar-refractivity contribution < 1.29 is 22.7 Å². The molecule has 3 unspecified atom stereocenters. The minimum absolute atomic E-state index is 0.0530. The monoisotopic (exact) mass is 629 g/mol. The second-order valence-electron chi connectivity index (χ2n) is 13.0. The van der Waals surface area contributed by atoms with Crippen LogP contribution in [0.15, 0.2) is 35.4 Å². The van der Waals surface area contributed by atoms with Crippen molar-refractivity contribution in [1.82, 2.24) is 23.6 Å². The maximum absolute atomic E-state index is 14.1. The molecule has 44 heavy (non-hydrogen) atoms. The van der Waals surface area contributed by atoms with Gasteiger partial charge in [0.2, 0.25) is 15.9 Å². The van der Waals surface area contributed by atoms with Gasteiger partial charge in [-0.25, -0.2) is 8.42 Å². The van der Waals surface area contributed by atoms with E-state index in [0.29, 0.717) is 46.9 Å². The normalized spacial score (nSPS) is 23.9. The molecule has 3 atom stereocenters. The number of aromatic nitrogens is 1. The van der Waals surface area contributed by atoms with E-state index in [1.165, 1.54) is 6.42 Å². The highest BCUT2D eigenvalue weighted by Crippen LogP contribution is 2.35. The first-order valence-electron chi connectivity index (χ1n) is 16.1. The number of amides is 1. The third-order valence-electron chi connectivity index (χ3n) is 10.0. The fourth-order valence-corrected chi connectivity index (χ4v) is 9.45. The van der Waals surface area contributed by atoms with E-state index in [1.807, 2.05) is 30.3 Å². The number of nitrogens with zero attached hydrogens (tertiary/aromatic N) is 5. The molecule has 10 nitrogen and oxygen atoms in total. The van der Waals surface area contributed by atoms with Gasteiger partial charge in [0.05, 0.1) is 24.7 Å². The molecule has 2 fully saturated rings. The molecule has 11 heteroatoms. The van der Waals surface area contributed by atoms with Gasteiger partial charge in [-0.3, -0.25) is 14.6 Å². The summed E-state index contributed by atoms with van der Waals surface area (Å²) in [4.78, 5) is 20.7. The number of ether oxygens (including phenoxy) is 2. The van der Waals surface area contributed by atoms with Crippen molar-refractivity contribution in [3.63, 3.8) is 0 Å². The number of carbonyl (C=O) groups is 1. The SMILES string of the molecule is COc1cc(C)c(S(=O)(=O)N2CCn3cccc3C2COCC(=O)N(C)C2CCCC(N3CCN(C(C)C)CC3)C2)c(C)c1. The molecule has 1 amide bonds. The van der Waals surface area contributed by atoms with Gasteiger partial charge in [0.1, 0.15) is 12.4 Å². The van der Waals surface area contributed by atoms with E-state index < -0.39 is 16.1 Å². The number of fused-ring (bicyclic) bond motifs is 1. The van der Waals surface area contributed by atoms with Crippen LogP contribution in [-0.4, -0.2) is 116 Å². The summed E-state index contributed by atoms with van der Waals surface area (Å²) in [5, 5.41) is 0. The number of aryl methyl sites for hydroxylation is 2. The van der Waals surface area contributed by atoms with Crippen molar-refractivity contribution in [3.05, 3.63) is 47.3 Å². The summed E-state index contributed by atoms with van der Waals surface area (Å²) in [6.45, 7) is 13.4. The van der Waals surface area contributed by atoms with Crippen molar-refractivity contribution in [2.45, 2.75) is 89.0 Å². The number of benzene rings is 1. The lowest BCUT2D eigenvalue weighted by molar-refractivity contribution is -0.138. The van der Waals surface area contributed by atoms with E-state index in [-0.39, 0.29) is 25.2 Å². The van der Waals surface area contributed by atoms with Gasteiger partial charge in [-0.15, -0.1) is 0 Å². The van der Waals surface area contributed by atoms with E-state index in [1.54, 1.807) is 37.4 Å². The first kappa shape index (κ1) is 32.9. The summed E-state index contributed by atoms with van der Waals surface area (Å²) in [5.41, 5.74) is 2.16. The molecule has 0 N–H and O–H groups in total. The zero-order valence-corrected chi connectivity index (χ0v) is 28.2. The first-order valence-corrected chi connectivity index (χ1v) is 17.6. The van der Waals surface area contributed by atoms with Crippen molar-refractivity contribution in [1.29, 1.82) is 0 Å². The molecule has 5 rings (SSSR count). The molecular weight excluding hydrogens is 578 g/mol. The number of likely N-dealkylation sites (N-methyl/N-ethyl adjacent to an activating group) is 1. The zero-order chi connectivity index (χ0) is 31.6. The summed E-state index contributed by atoms with van der Waals surface area (Å²) < 4.78 is 43.3. The van der Waals surface area contributed by atoms with E-state index in [0.717, 1.165) is 51.1 Å². The van der Waals surface area contributed by atoms with E-state index in [4.69, 9.17) is 9.47 Å². The second-order valence-corrected chi connectivity index (χ2v) is 14.8. The smallest absolute Gasteiger partial charge is 0.248 e. The number of sulfonamides is 1. The Labute approximate surface area is 263 Å². The fraction of sp³-hybridized carbons (Fsp3) is 0.667. The second kappa shape index (κ2) is 13.9. The Kier molecular flexibility index (Phi) is 10.4. The lowest BCUT2D eigenvalue weighted by atomic mass is 9.88. The van der Waals surface area contributed by atoms with Crippen molar-refractivity contribution in [2.75, 3.05) is 60.1 Å². The third kappa shape index (κ3) is 6.87. The summed E-state index contributed by atoms with van der Waals surface area (Å²) >= 11 is 0. The number of piperazine rings is 1. The van der Waals surface area contributed by atoms with E-state index in [9.17, 15) is 13.2 Å². The highest BCUT2D eigenvalue weighted by molar-refractivity contribution is 7.89. The van der Waals surface area contributed by atoms with E-state index in [2.05, 4.69) is 28.2 Å². The lowest BCUT2D eigenvalue weighted by Gasteiger charge is -2.44. The Bertz CT molecular complexity index is 1380. The molecule has 1 aromatic carbocycles. The number of hydrogen-bond acceptors (Lipinski definition) is 7. The van der Waals surface area contributed by atoms with Crippen LogP contribution in [0.2, 0.25) is 0 Å². The highest BCUT2D eigenvalue weighted by Gasteiger charge is 2.39. The molecule has 244 valence electrons. The minimum atomic E-state index is -3.85. The summed E-state index contributed by atoms with van der Waals surface area (Å²) in [5.74, 6) is 0.578. The predicted molar refractivity (Wildman–Crippen MR) is 171 cm³/mol. The number of methoxy groups -OCH3 is 1. The quantitative estimate of drug-likeness (QED) is 0.397. The third-order valence-corrected chi connectivity index (χ3v) is 12.2. The van der Waals surface area contributed by atoms with Crippen LogP contribution in [-0.2, 0) is 26.1 Å². The van der Waals surface area contributed by atoms with Crippen LogP contribution in [0.3, 0.4) is 0 Å². The molecule has 3 aliphatic rings. The van der Waals surface area contributed by atoms with Crippen LogP contribution < -0.4 is 4.74 Å². The zero-order valence-electron chi connectivity index (χ0n) is 27.4. The highest BCUT2D eigenvalue weighted by atomic mass is 32.2. The summed E-state index contributed by atoms with van der Waals surface area (Å²) in [7, 11) is -0.372. The maximum atomic E-state index is 14.1. The van der Waals surface area contributed by atoms with Gasteiger partial charge in [-0.05, 0) is 88.8 Å². The van der Waals surface area contributed by atoms with Gasteiger partial charge in [-0.1, -0.05) is 0 Å². The topological polar surface area (TPSA) is 87.6 Å². The molecule has 1 saturated carbocycles. The molecule has 0 bridgehead atoms. The molecule has 1 aliphatic carbocycles. The van der Waals surface area contributed by atoms with Crippen LogP contribution in [0.5, 0.6) is 5.75 Å². The van der Waals surface area contributed by atoms with Gasteiger partial charge >= 0.3 is 0 Å². The summed E-state index contributed by atoms with van der Waals surface area (Å²) in [6, 6.07) is 8.15. The van der Waals surface area contributed by atoms with Gasteiger partial charge < -0.3 is 18.9 Å². The van der Waals surface area contributed by atoms with Gasteiger partial charge in [0.15, 0.2) is 0 Å². The van der Waals surface area contributed by atoms with Crippen LogP contribution in [0, 0.1) is 13.8 Å². The largest absolute Gasteiger partial charge is 0.497 e. The lowest BCUT2D eigenvalue weighted by Crippen LogP contribution is -2.54. The first-order chi connectivity index (χ1) is 21.0. The minimum Gasteiger partial charge on any atom is -0.497 e. The fourth-order valence-electron chi connectivity index (χ4n) is 7.46. The molecule has 1 aromatic heterocycles. The Morgan fingerprint density at radius 2 is 1.75 bits per heavy atom.